The summed E-state index contributed by atoms with van der Waals surface area (Å²) in [6.45, 7) is 8.38. The summed E-state index contributed by atoms with van der Waals surface area (Å²) in [5.74, 6) is 0.610. The predicted molar refractivity (Wildman–Crippen MR) is 157 cm³/mol. The molecule has 1 heterocycles. The number of nitrogens with zero attached hydrogens (tertiary/aromatic N) is 2. The van der Waals surface area contributed by atoms with Crippen LogP contribution in [0.1, 0.15) is 60.7 Å². The molecule has 1 aliphatic heterocycles. The van der Waals surface area contributed by atoms with E-state index in [1.54, 1.807) is 30.5 Å². The van der Waals surface area contributed by atoms with E-state index in [2.05, 4.69) is 45.8 Å². The second-order valence-electron chi connectivity index (χ2n) is 11.2. The molecule has 0 radical (unpaired) electrons. The molecule has 4 rings (SSSR count). The topological polar surface area (TPSA) is 80.2 Å². The van der Waals surface area contributed by atoms with Crippen molar-refractivity contribution >= 4 is 18.1 Å². The van der Waals surface area contributed by atoms with Crippen LogP contribution in [0.2, 0.25) is 0 Å². The normalized spacial score (nSPS) is 14.7. The molecule has 7 nitrogen and oxygen atoms in total. The molecule has 3 aromatic carbocycles. The number of esters is 1. The van der Waals surface area contributed by atoms with E-state index in [4.69, 9.17) is 9.47 Å². The van der Waals surface area contributed by atoms with Crippen molar-refractivity contribution in [2.45, 2.75) is 52.2 Å². The van der Waals surface area contributed by atoms with Crippen molar-refractivity contribution in [3.63, 3.8) is 0 Å². The molecule has 40 heavy (non-hydrogen) atoms. The fourth-order valence-electron chi connectivity index (χ4n) is 4.71. The highest BCUT2D eigenvalue weighted by Crippen LogP contribution is 2.23. The van der Waals surface area contributed by atoms with Gasteiger partial charge in [0.15, 0.2) is 6.61 Å². The highest BCUT2D eigenvalue weighted by molar-refractivity contribution is 5.94. The first-order valence-corrected chi connectivity index (χ1v) is 13.9. The van der Waals surface area contributed by atoms with Crippen molar-refractivity contribution < 1.29 is 19.1 Å². The van der Waals surface area contributed by atoms with Crippen molar-refractivity contribution in [1.29, 1.82) is 0 Å². The molecule has 0 spiro atoms. The van der Waals surface area contributed by atoms with Gasteiger partial charge in [-0.25, -0.2) is 10.2 Å². The van der Waals surface area contributed by atoms with Crippen LogP contribution >= 0.6 is 0 Å². The first-order chi connectivity index (χ1) is 19.2. The standard InChI is InChI=1S/C33H39N3O4/c1-33(2,3)40-31(37)24-39-30-15-11-27(12-16-30)22-34-35-32(38)29-13-9-28(10-14-29)23-36-19-17-26(18-20-36)21-25-7-5-4-6-8-25/h4-16,22,26H,17-21,23-24H2,1-3H3,(H,35,38)/b34-22-. The van der Waals surface area contributed by atoms with E-state index >= 15 is 0 Å². The summed E-state index contributed by atoms with van der Waals surface area (Å²) in [7, 11) is 0. The molecular weight excluding hydrogens is 502 g/mol. The molecule has 1 amide bonds. The summed E-state index contributed by atoms with van der Waals surface area (Å²) in [5, 5.41) is 4.07. The van der Waals surface area contributed by atoms with Crippen LogP contribution in [-0.4, -0.2) is 48.3 Å². The van der Waals surface area contributed by atoms with E-state index in [1.807, 2.05) is 45.0 Å². The van der Waals surface area contributed by atoms with Gasteiger partial charge in [-0.2, -0.15) is 5.10 Å². The number of ether oxygens (including phenoxy) is 2. The minimum atomic E-state index is -0.548. The van der Waals surface area contributed by atoms with Gasteiger partial charge in [-0.05, 0) is 112 Å². The first-order valence-electron chi connectivity index (χ1n) is 13.9. The lowest BCUT2D eigenvalue weighted by Gasteiger charge is -2.32. The molecule has 0 saturated carbocycles. The van der Waals surface area contributed by atoms with Crippen molar-refractivity contribution in [3.05, 3.63) is 101 Å². The predicted octanol–water partition coefficient (Wildman–Crippen LogP) is 5.63. The molecule has 1 fully saturated rings. The fourth-order valence-corrected chi connectivity index (χ4v) is 4.71. The van der Waals surface area contributed by atoms with Crippen molar-refractivity contribution in [1.82, 2.24) is 10.3 Å². The summed E-state index contributed by atoms with van der Waals surface area (Å²) in [6.07, 6.45) is 5.16. The number of piperidine rings is 1. The van der Waals surface area contributed by atoms with Gasteiger partial charge in [0.2, 0.25) is 0 Å². The Morgan fingerprint density at radius 2 is 1.60 bits per heavy atom. The average molecular weight is 542 g/mol. The maximum atomic E-state index is 12.5. The summed E-state index contributed by atoms with van der Waals surface area (Å²) in [6, 6.07) is 25.5. The largest absolute Gasteiger partial charge is 0.482 e. The average Bonchev–Trinajstić information content (AvgIpc) is 2.94. The van der Waals surface area contributed by atoms with Gasteiger partial charge in [-0.15, -0.1) is 0 Å². The number of rotatable bonds is 10. The van der Waals surface area contributed by atoms with Crippen LogP contribution in [0, 0.1) is 5.92 Å². The van der Waals surface area contributed by atoms with Gasteiger partial charge in [0.05, 0.1) is 6.21 Å². The van der Waals surface area contributed by atoms with Crippen LogP contribution in [-0.2, 0) is 22.5 Å². The van der Waals surface area contributed by atoms with E-state index in [9.17, 15) is 9.59 Å². The number of carbonyl (C=O) groups is 2. The minimum Gasteiger partial charge on any atom is -0.482 e. The molecule has 0 unspecified atom stereocenters. The van der Waals surface area contributed by atoms with Crippen molar-refractivity contribution in [2.24, 2.45) is 11.0 Å². The zero-order valence-electron chi connectivity index (χ0n) is 23.6. The van der Waals surface area contributed by atoms with Crippen LogP contribution in [0.15, 0.2) is 84.0 Å². The Bertz CT molecular complexity index is 1260. The van der Waals surface area contributed by atoms with Gasteiger partial charge < -0.3 is 9.47 Å². The van der Waals surface area contributed by atoms with Crippen LogP contribution < -0.4 is 10.2 Å². The summed E-state index contributed by atoms with van der Waals surface area (Å²) < 4.78 is 10.7. The molecule has 0 aliphatic carbocycles. The Kier molecular flexibility index (Phi) is 10.1. The highest BCUT2D eigenvalue weighted by Gasteiger charge is 2.20. The van der Waals surface area contributed by atoms with Gasteiger partial charge >= 0.3 is 5.97 Å². The van der Waals surface area contributed by atoms with Gasteiger partial charge in [-0.1, -0.05) is 42.5 Å². The monoisotopic (exact) mass is 541 g/mol. The second kappa shape index (κ2) is 13.9. The number of likely N-dealkylation sites (tertiary alicyclic amines) is 1. The molecule has 7 heteroatoms. The molecular formula is C33H39N3O4. The van der Waals surface area contributed by atoms with E-state index in [1.165, 1.54) is 24.0 Å². The number of nitrogens with one attached hydrogen (secondary N) is 1. The summed E-state index contributed by atoms with van der Waals surface area (Å²) in [5.41, 5.74) is 6.01. The maximum Gasteiger partial charge on any atom is 0.344 e. The van der Waals surface area contributed by atoms with Gasteiger partial charge in [0.25, 0.3) is 5.91 Å². The van der Waals surface area contributed by atoms with Crippen LogP contribution in [0.25, 0.3) is 0 Å². The summed E-state index contributed by atoms with van der Waals surface area (Å²) in [4.78, 5) is 26.8. The SMILES string of the molecule is CC(C)(C)OC(=O)COc1ccc(/C=N\NC(=O)c2ccc(CN3CCC(Cc4ccccc4)CC3)cc2)cc1. The van der Waals surface area contributed by atoms with E-state index in [-0.39, 0.29) is 12.5 Å². The zero-order chi connectivity index (χ0) is 28.4. The third-order valence-corrected chi connectivity index (χ3v) is 6.73. The molecule has 1 N–H and O–H groups in total. The number of benzene rings is 3. The number of amides is 1. The van der Waals surface area contributed by atoms with Crippen molar-refractivity contribution in [3.8, 4) is 5.75 Å². The Morgan fingerprint density at radius 1 is 0.925 bits per heavy atom. The zero-order valence-corrected chi connectivity index (χ0v) is 23.6. The van der Waals surface area contributed by atoms with Crippen LogP contribution in [0.5, 0.6) is 5.75 Å². The van der Waals surface area contributed by atoms with Crippen molar-refractivity contribution in [2.75, 3.05) is 19.7 Å². The summed E-state index contributed by atoms with van der Waals surface area (Å²) >= 11 is 0. The molecule has 0 atom stereocenters. The number of carbonyl (C=O) groups excluding carboxylic acids is 2. The fraction of sp³-hybridized carbons (Fsp3) is 0.364. The number of hydrogen-bond donors (Lipinski definition) is 1. The molecule has 210 valence electrons. The van der Waals surface area contributed by atoms with Gasteiger partial charge in [-0.3, -0.25) is 9.69 Å². The molecule has 0 aromatic heterocycles. The Morgan fingerprint density at radius 3 is 2.25 bits per heavy atom. The van der Waals surface area contributed by atoms with E-state index < -0.39 is 11.6 Å². The Hall–Kier alpha value is -3.97. The molecule has 3 aromatic rings. The lowest BCUT2D eigenvalue weighted by Crippen LogP contribution is -2.33. The van der Waals surface area contributed by atoms with Gasteiger partial charge in [0.1, 0.15) is 11.4 Å². The smallest absolute Gasteiger partial charge is 0.344 e. The molecule has 0 bridgehead atoms. The molecule has 1 saturated heterocycles. The molecule has 1 aliphatic rings. The lowest BCUT2D eigenvalue weighted by molar-refractivity contribution is -0.157. The quantitative estimate of drug-likeness (QED) is 0.205. The Balaban J connectivity index is 1.17. The lowest BCUT2D eigenvalue weighted by atomic mass is 9.90. The maximum absolute atomic E-state index is 12.5. The van der Waals surface area contributed by atoms with E-state index in [0.29, 0.717) is 11.3 Å². The second-order valence-corrected chi connectivity index (χ2v) is 11.2. The van der Waals surface area contributed by atoms with Crippen LogP contribution in [0.4, 0.5) is 0 Å². The minimum absolute atomic E-state index is 0.160. The first kappa shape index (κ1) is 29.0. The highest BCUT2D eigenvalue weighted by atomic mass is 16.6. The number of hydrogen-bond acceptors (Lipinski definition) is 6. The van der Waals surface area contributed by atoms with Gasteiger partial charge in [0, 0.05) is 12.1 Å². The number of hydrazone groups is 1. The third-order valence-electron chi connectivity index (χ3n) is 6.73. The third kappa shape index (κ3) is 9.65. The van der Waals surface area contributed by atoms with E-state index in [0.717, 1.165) is 37.5 Å². The van der Waals surface area contributed by atoms with Crippen LogP contribution in [0.3, 0.4) is 0 Å². The Labute approximate surface area is 237 Å².